The lowest BCUT2D eigenvalue weighted by Crippen LogP contribution is -1.94. The fourth-order valence-electron chi connectivity index (χ4n) is 4.03. The Hall–Kier alpha value is -3.65. The normalized spacial score (nSPS) is 10.9. The molecule has 0 aliphatic heterocycles. The summed E-state index contributed by atoms with van der Waals surface area (Å²) in [6.45, 7) is 2.13. The van der Waals surface area contributed by atoms with Crippen LogP contribution in [0.4, 0.5) is 22.0 Å². The van der Waals surface area contributed by atoms with E-state index >= 15 is 0 Å². The lowest BCUT2D eigenvalue weighted by Gasteiger charge is -2.08. The molecule has 4 aromatic carbocycles. The lowest BCUT2D eigenvalue weighted by atomic mass is 9.99. The summed E-state index contributed by atoms with van der Waals surface area (Å²) in [5.74, 6) is 1.04. The van der Waals surface area contributed by atoms with Crippen LogP contribution in [-0.4, -0.2) is 0 Å². The van der Waals surface area contributed by atoms with Crippen LogP contribution in [0.25, 0.3) is 21.9 Å². The average molecular weight is 479 g/mol. The van der Waals surface area contributed by atoms with Gasteiger partial charge in [0.2, 0.25) is 0 Å². The molecule has 0 fully saturated rings. The van der Waals surface area contributed by atoms with E-state index in [4.69, 9.17) is 0 Å². The first-order valence-electron chi connectivity index (χ1n) is 11.5. The Kier molecular flexibility index (Phi) is 7.51. The molecule has 0 saturated heterocycles. The molecule has 0 N–H and O–H groups in total. The highest BCUT2D eigenvalue weighted by molar-refractivity contribution is 5.87. The van der Waals surface area contributed by atoms with Crippen LogP contribution >= 0.6 is 0 Å². The molecule has 35 heavy (non-hydrogen) atoms. The molecular formula is C30H23F5. The van der Waals surface area contributed by atoms with E-state index in [2.05, 4.69) is 18.8 Å². The highest BCUT2D eigenvalue weighted by Crippen LogP contribution is 2.30. The molecule has 0 spiro atoms. The van der Waals surface area contributed by atoms with Gasteiger partial charge in [-0.1, -0.05) is 56.2 Å². The fourth-order valence-corrected chi connectivity index (χ4v) is 4.03. The molecule has 0 saturated carbocycles. The number of hydrogen-bond acceptors (Lipinski definition) is 0. The molecule has 0 nitrogen and oxygen atoms in total. The summed E-state index contributed by atoms with van der Waals surface area (Å²) in [4.78, 5) is 0. The Morgan fingerprint density at radius 1 is 0.600 bits per heavy atom. The van der Waals surface area contributed by atoms with Crippen molar-refractivity contribution in [2.75, 3.05) is 0 Å². The van der Waals surface area contributed by atoms with Crippen LogP contribution in [0.5, 0.6) is 0 Å². The maximum Gasteiger partial charge on any atom is 0.159 e. The van der Waals surface area contributed by atoms with Crippen molar-refractivity contribution in [2.45, 2.75) is 39.0 Å². The van der Waals surface area contributed by atoms with Gasteiger partial charge in [0.1, 0.15) is 17.5 Å². The maximum absolute atomic E-state index is 14.9. The molecule has 0 aliphatic rings. The largest absolute Gasteiger partial charge is 0.206 e. The van der Waals surface area contributed by atoms with Crippen LogP contribution in [0.3, 0.4) is 0 Å². The van der Waals surface area contributed by atoms with E-state index in [-0.39, 0.29) is 22.3 Å². The summed E-state index contributed by atoms with van der Waals surface area (Å²) >= 11 is 0. The second kappa shape index (κ2) is 10.7. The third-order valence-corrected chi connectivity index (χ3v) is 5.90. The van der Waals surface area contributed by atoms with Crippen LogP contribution in [-0.2, 0) is 6.42 Å². The standard InChI is InChI=1S/C30H23F5/c1-2-3-4-5-6-19-7-9-21(25(31)13-19)10-8-20-14-28(34)30(29(35)15-20)23-12-11-22-17-26(32)27(33)18-24(22)16-23/h7,9,11-18H,2-6H2,1H3. The summed E-state index contributed by atoms with van der Waals surface area (Å²) in [6.07, 6.45) is 5.17. The molecule has 0 bridgehead atoms. The summed E-state index contributed by atoms with van der Waals surface area (Å²) in [5, 5.41) is 0.721. The van der Waals surface area contributed by atoms with Gasteiger partial charge in [0.05, 0.1) is 11.1 Å². The SMILES string of the molecule is CCCCCCc1ccc(C#Cc2cc(F)c(-c3ccc4cc(F)c(F)cc4c3)c(F)c2)c(F)c1. The molecule has 4 rings (SSSR count). The number of aryl methyl sites for hydroxylation is 1. The minimum atomic E-state index is -1.04. The zero-order valence-electron chi connectivity index (χ0n) is 19.2. The number of halogens is 5. The highest BCUT2D eigenvalue weighted by Gasteiger charge is 2.14. The Morgan fingerprint density at radius 3 is 2.00 bits per heavy atom. The summed E-state index contributed by atoms with van der Waals surface area (Å²) < 4.78 is 71.2. The van der Waals surface area contributed by atoms with Gasteiger partial charge in [-0.3, -0.25) is 0 Å². The van der Waals surface area contributed by atoms with Crippen molar-refractivity contribution in [3.63, 3.8) is 0 Å². The molecule has 0 aliphatic carbocycles. The molecule has 0 radical (unpaired) electrons. The minimum Gasteiger partial charge on any atom is -0.206 e. The van der Waals surface area contributed by atoms with E-state index in [9.17, 15) is 22.0 Å². The fraction of sp³-hybridized carbons (Fsp3) is 0.200. The van der Waals surface area contributed by atoms with Crippen molar-refractivity contribution < 1.29 is 22.0 Å². The smallest absolute Gasteiger partial charge is 0.159 e. The maximum atomic E-state index is 14.9. The first-order valence-corrected chi connectivity index (χ1v) is 11.5. The first-order chi connectivity index (χ1) is 16.9. The van der Waals surface area contributed by atoms with Gasteiger partial charge in [0, 0.05) is 5.56 Å². The van der Waals surface area contributed by atoms with Crippen molar-refractivity contribution in [1.82, 2.24) is 0 Å². The lowest BCUT2D eigenvalue weighted by molar-refractivity contribution is 0.511. The van der Waals surface area contributed by atoms with Gasteiger partial charge < -0.3 is 0 Å². The van der Waals surface area contributed by atoms with Gasteiger partial charge in [-0.25, -0.2) is 22.0 Å². The van der Waals surface area contributed by atoms with E-state index in [0.717, 1.165) is 61.9 Å². The molecule has 0 unspecified atom stereocenters. The first kappa shape index (κ1) is 24.5. The number of unbranched alkanes of at least 4 members (excludes halogenated alkanes) is 3. The Bertz CT molecular complexity index is 1420. The second-order valence-corrected chi connectivity index (χ2v) is 8.52. The van der Waals surface area contributed by atoms with Crippen molar-refractivity contribution in [3.05, 3.63) is 106 Å². The minimum absolute atomic E-state index is 0.0562. The van der Waals surface area contributed by atoms with E-state index in [1.165, 1.54) is 24.3 Å². The van der Waals surface area contributed by atoms with Crippen LogP contribution in [0.15, 0.2) is 60.7 Å². The predicted octanol–water partition coefficient (Wildman–Crippen LogP) is 8.72. The second-order valence-electron chi connectivity index (χ2n) is 8.52. The number of fused-ring (bicyclic) bond motifs is 1. The number of rotatable bonds is 6. The van der Waals surface area contributed by atoms with Crippen LogP contribution in [0.2, 0.25) is 0 Å². The third kappa shape index (κ3) is 5.71. The zero-order valence-corrected chi connectivity index (χ0v) is 19.2. The van der Waals surface area contributed by atoms with Gasteiger partial charge in [0.25, 0.3) is 0 Å². The van der Waals surface area contributed by atoms with Crippen LogP contribution < -0.4 is 0 Å². The summed E-state index contributed by atoms with van der Waals surface area (Å²) in [5.41, 5.74) is 0.972. The Balaban J connectivity index is 1.58. The van der Waals surface area contributed by atoms with Crippen molar-refractivity contribution >= 4 is 10.8 Å². The topological polar surface area (TPSA) is 0 Å². The predicted molar refractivity (Wildman–Crippen MR) is 129 cm³/mol. The number of hydrogen-bond donors (Lipinski definition) is 0. The van der Waals surface area contributed by atoms with Crippen LogP contribution in [0, 0.1) is 40.9 Å². The zero-order chi connectivity index (χ0) is 24.9. The van der Waals surface area contributed by atoms with E-state index in [1.54, 1.807) is 6.07 Å². The van der Waals surface area contributed by atoms with Gasteiger partial charge in [-0.15, -0.1) is 0 Å². The van der Waals surface area contributed by atoms with Gasteiger partial charge in [0.15, 0.2) is 11.6 Å². The van der Waals surface area contributed by atoms with E-state index < -0.39 is 29.1 Å². The van der Waals surface area contributed by atoms with E-state index in [1.807, 2.05) is 6.07 Å². The summed E-state index contributed by atoms with van der Waals surface area (Å²) in [6, 6.07) is 13.3. The molecule has 0 heterocycles. The molecule has 4 aromatic rings. The Labute approximate surface area is 201 Å². The average Bonchev–Trinajstić information content (AvgIpc) is 2.82. The van der Waals surface area contributed by atoms with Gasteiger partial charge in [-0.05, 0) is 77.2 Å². The van der Waals surface area contributed by atoms with E-state index in [0.29, 0.717) is 10.8 Å². The van der Waals surface area contributed by atoms with Crippen LogP contribution in [0.1, 0.15) is 49.3 Å². The highest BCUT2D eigenvalue weighted by atomic mass is 19.2. The van der Waals surface area contributed by atoms with Crippen molar-refractivity contribution in [1.29, 1.82) is 0 Å². The third-order valence-electron chi connectivity index (χ3n) is 5.90. The number of benzene rings is 4. The van der Waals surface area contributed by atoms with Gasteiger partial charge in [-0.2, -0.15) is 0 Å². The molecule has 5 heteroatoms. The molecule has 0 amide bonds. The Morgan fingerprint density at radius 2 is 1.31 bits per heavy atom. The van der Waals surface area contributed by atoms with Crippen molar-refractivity contribution in [3.8, 4) is 23.0 Å². The molecule has 178 valence electrons. The summed E-state index contributed by atoms with van der Waals surface area (Å²) in [7, 11) is 0. The monoisotopic (exact) mass is 478 g/mol. The van der Waals surface area contributed by atoms with Gasteiger partial charge >= 0.3 is 0 Å². The molecule has 0 atom stereocenters. The van der Waals surface area contributed by atoms with Crippen molar-refractivity contribution in [2.24, 2.45) is 0 Å². The molecule has 0 aromatic heterocycles. The molecular weight excluding hydrogens is 455 g/mol. The quantitative estimate of drug-likeness (QED) is 0.148.